The molecule has 5 heteroatoms. The zero-order valence-corrected chi connectivity index (χ0v) is 9.61. The van der Waals surface area contributed by atoms with Crippen molar-refractivity contribution < 1.29 is 18.3 Å². The second-order valence-electron chi connectivity index (χ2n) is 2.88. The molecule has 0 N–H and O–H groups in total. The fourth-order valence-electron chi connectivity index (χ4n) is 0.898. The third-order valence-corrected chi connectivity index (χ3v) is 2.20. The van der Waals surface area contributed by atoms with Crippen molar-refractivity contribution in [1.82, 2.24) is 0 Å². The van der Waals surface area contributed by atoms with E-state index in [4.69, 9.17) is 4.74 Å². The molecule has 0 heterocycles. The average Bonchev–Trinajstić information content (AvgIpc) is 2.20. The van der Waals surface area contributed by atoms with E-state index in [9.17, 15) is 13.6 Å². The average molecular weight is 279 g/mol. The molecule has 0 saturated heterocycles. The predicted octanol–water partition coefficient (Wildman–Crippen LogP) is 3.09. The van der Waals surface area contributed by atoms with E-state index in [1.807, 2.05) is 0 Å². The SMILES string of the molecule is CCC(=O)COc1cc(Br)cc(F)c1F. The van der Waals surface area contributed by atoms with Gasteiger partial charge < -0.3 is 4.74 Å². The maximum Gasteiger partial charge on any atom is 0.200 e. The molecule has 0 aliphatic heterocycles. The Hall–Kier alpha value is -0.970. The normalized spacial score (nSPS) is 10.1. The molecule has 0 aromatic heterocycles. The maximum atomic E-state index is 13.1. The maximum absolute atomic E-state index is 13.1. The van der Waals surface area contributed by atoms with Gasteiger partial charge in [0, 0.05) is 10.9 Å². The highest BCUT2D eigenvalue weighted by Gasteiger charge is 2.12. The van der Waals surface area contributed by atoms with E-state index in [2.05, 4.69) is 15.9 Å². The molecule has 0 saturated carbocycles. The van der Waals surface area contributed by atoms with Gasteiger partial charge in [-0.1, -0.05) is 22.9 Å². The third kappa shape index (κ3) is 3.27. The Morgan fingerprint density at radius 1 is 1.47 bits per heavy atom. The van der Waals surface area contributed by atoms with E-state index in [1.54, 1.807) is 6.92 Å². The second-order valence-corrected chi connectivity index (χ2v) is 3.80. The highest BCUT2D eigenvalue weighted by Crippen LogP contribution is 2.25. The van der Waals surface area contributed by atoms with Crippen LogP contribution in [0.5, 0.6) is 5.75 Å². The molecule has 0 atom stereocenters. The van der Waals surface area contributed by atoms with E-state index in [-0.39, 0.29) is 18.1 Å². The summed E-state index contributed by atoms with van der Waals surface area (Å²) in [5.41, 5.74) is 0. The summed E-state index contributed by atoms with van der Waals surface area (Å²) in [4.78, 5) is 10.9. The molecule has 0 spiro atoms. The lowest BCUT2D eigenvalue weighted by Crippen LogP contribution is -2.10. The van der Waals surface area contributed by atoms with Crippen molar-refractivity contribution in [3.05, 3.63) is 28.2 Å². The van der Waals surface area contributed by atoms with Crippen LogP contribution in [0.15, 0.2) is 16.6 Å². The van der Waals surface area contributed by atoms with Crippen molar-refractivity contribution in [3.8, 4) is 5.75 Å². The molecule has 0 amide bonds. The van der Waals surface area contributed by atoms with Gasteiger partial charge in [-0.15, -0.1) is 0 Å². The van der Waals surface area contributed by atoms with Gasteiger partial charge in [0.1, 0.15) is 6.61 Å². The minimum absolute atomic E-state index is 0.171. The quantitative estimate of drug-likeness (QED) is 0.792. The van der Waals surface area contributed by atoms with Crippen molar-refractivity contribution in [2.24, 2.45) is 0 Å². The fourth-order valence-corrected chi connectivity index (χ4v) is 1.31. The predicted molar refractivity (Wildman–Crippen MR) is 54.9 cm³/mol. The lowest BCUT2D eigenvalue weighted by Gasteiger charge is -2.06. The molecule has 1 rings (SSSR count). The summed E-state index contributed by atoms with van der Waals surface area (Å²) in [6.45, 7) is 1.42. The molecule has 0 aliphatic carbocycles. The van der Waals surface area contributed by atoms with Crippen molar-refractivity contribution in [2.75, 3.05) is 6.61 Å². The van der Waals surface area contributed by atoms with E-state index in [0.717, 1.165) is 6.07 Å². The lowest BCUT2D eigenvalue weighted by atomic mass is 10.3. The number of rotatable bonds is 4. The van der Waals surface area contributed by atoms with Crippen LogP contribution in [0.25, 0.3) is 0 Å². The van der Waals surface area contributed by atoms with Crippen LogP contribution < -0.4 is 4.74 Å². The van der Waals surface area contributed by atoms with E-state index < -0.39 is 11.6 Å². The number of benzene rings is 1. The Kier molecular flexibility index (Phi) is 4.20. The molecule has 0 aliphatic rings. The highest BCUT2D eigenvalue weighted by atomic mass is 79.9. The summed E-state index contributed by atoms with van der Waals surface area (Å²) >= 11 is 3.00. The number of hydrogen-bond donors (Lipinski definition) is 0. The van der Waals surface area contributed by atoms with Crippen LogP contribution in [0.1, 0.15) is 13.3 Å². The van der Waals surface area contributed by atoms with Gasteiger partial charge in [0.05, 0.1) is 0 Å². The van der Waals surface area contributed by atoms with Gasteiger partial charge in [0.2, 0.25) is 5.82 Å². The first-order valence-corrected chi connectivity index (χ1v) is 5.13. The number of ether oxygens (including phenoxy) is 1. The number of carbonyl (C=O) groups is 1. The number of carbonyl (C=O) groups excluding carboxylic acids is 1. The Bertz CT molecular complexity index is 380. The summed E-state index contributed by atoms with van der Waals surface area (Å²) < 4.78 is 31.2. The van der Waals surface area contributed by atoms with Crippen LogP contribution in [0, 0.1) is 11.6 Å². The minimum atomic E-state index is -1.08. The van der Waals surface area contributed by atoms with Crippen LogP contribution >= 0.6 is 15.9 Å². The van der Waals surface area contributed by atoms with E-state index in [1.165, 1.54) is 6.07 Å². The smallest absolute Gasteiger partial charge is 0.200 e. The molecule has 0 fully saturated rings. The first-order chi connectivity index (χ1) is 7.04. The zero-order chi connectivity index (χ0) is 11.4. The van der Waals surface area contributed by atoms with Crippen LogP contribution in [0.4, 0.5) is 8.78 Å². The first kappa shape index (κ1) is 12.1. The summed E-state index contributed by atoms with van der Waals surface area (Å²) in [7, 11) is 0. The Labute approximate surface area is 94.4 Å². The monoisotopic (exact) mass is 278 g/mol. The summed E-state index contributed by atoms with van der Waals surface area (Å²) in [5, 5.41) is 0. The summed E-state index contributed by atoms with van der Waals surface area (Å²) in [6.07, 6.45) is 0.304. The Morgan fingerprint density at radius 3 is 2.73 bits per heavy atom. The second kappa shape index (κ2) is 5.21. The van der Waals surface area contributed by atoms with Crippen molar-refractivity contribution in [2.45, 2.75) is 13.3 Å². The van der Waals surface area contributed by atoms with Crippen LogP contribution in [0.3, 0.4) is 0 Å². The number of hydrogen-bond acceptors (Lipinski definition) is 2. The summed E-state index contributed by atoms with van der Waals surface area (Å²) in [6, 6.07) is 2.27. The Balaban J connectivity index is 2.81. The molecule has 0 unspecified atom stereocenters. The topological polar surface area (TPSA) is 26.3 Å². The molecule has 82 valence electrons. The van der Waals surface area contributed by atoms with Crippen LogP contribution in [-0.2, 0) is 4.79 Å². The van der Waals surface area contributed by atoms with Crippen LogP contribution in [-0.4, -0.2) is 12.4 Å². The lowest BCUT2D eigenvalue weighted by molar-refractivity contribution is -0.120. The molecule has 15 heavy (non-hydrogen) atoms. The Morgan fingerprint density at radius 2 is 2.13 bits per heavy atom. The van der Waals surface area contributed by atoms with Gasteiger partial charge >= 0.3 is 0 Å². The molecule has 1 aromatic carbocycles. The standard InChI is InChI=1S/C10H9BrF2O2/c1-2-7(14)5-15-9-4-6(11)3-8(12)10(9)13/h3-4H,2,5H2,1H3. The van der Waals surface area contributed by atoms with Crippen molar-refractivity contribution in [1.29, 1.82) is 0 Å². The first-order valence-electron chi connectivity index (χ1n) is 4.33. The number of Topliss-reactive ketones (excluding diaryl/α,β-unsaturated/α-hetero) is 1. The zero-order valence-electron chi connectivity index (χ0n) is 8.02. The largest absolute Gasteiger partial charge is 0.483 e. The number of ketones is 1. The van der Waals surface area contributed by atoms with Gasteiger partial charge in [0.15, 0.2) is 17.3 Å². The van der Waals surface area contributed by atoms with Gasteiger partial charge in [-0.05, 0) is 12.1 Å². The molecule has 2 nitrogen and oxygen atoms in total. The molecular formula is C10H9BrF2O2. The minimum Gasteiger partial charge on any atom is -0.483 e. The van der Waals surface area contributed by atoms with Gasteiger partial charge in [-0.25, -0.2) is 4.39 Å². The van der Waals surface area contributed by atoms with Gasteiger partial charge in [0.25, 0.3) is 0 Å². The van der Waals surface area contributed by atoms with E-state index in [0.29, 0.717) is 10.9 Å². The highest BCUT2D eigenvalue weighted by molar-refractivity contribution is 9.10. The van der Waals surface area contributed by atoms with E-state index >= 15 is 0 Å². The van der Waals surface area contributed by atoms with Gasteiger partial charge in [-0.3, -0.25) is 4.79 Å². The summed E-state index contributed by atoms with van der Waals surface area (Å²) in [5.74, 6) is -2.52. The third-order valence-electron chi connectivity index (χ3n) is 1.74. The van der Waals surface area contributed by atoms with Gasteiger partial charge in [-0.2, -0.15) is 4.39 Å². The van der Waals surface area contributed by atoms with Crippen molar-refractivity contribution >= 4 is 21.7 Å². The molecule has 0 bridgehead atoms. The molecular weight excluding hydrogens is 270 g/mol. The number of halogens is 3. The fraction of sp³-hybridized carbons (Fsp3) is 0.300. The molecule has 1 aromatic rings. The van der Waals surface area contributed by atoms with Crippen molar-refractivity contribution in [3.63, 3.8) is 0 Å². The molecule has 0 radical (unpaired) electrons. The van der Waals surface area contributed by atoms with Crippen LogP contribution in [0.2, 0.25) is 0 Å².